The number of rotatable bonds is 6. The molecule has 2 saturated heterocycles. The molecule has 0 bridgehead atoms. The van der Waals surface area contributed by atoms with Gasteiger partial charge in [-0.1, -0.05) is 11.8 Å². The van der Waals surface area contributed by atoms with Crippen molar-refractivity contribution in [2.45, 2.75) is 37.0 Å². The maximum Gasteiger partial charge on any atom is 0.231 e. The van der Waals surface area contributed by atoms with E-state index in [-0.39, 0.29) is 11.8 Å². The summed E-state index contributed by atoms with van der Waals surface area (Å²) in [5.41, 5.74) is 1.14. The zero-order chi connectivity index (χ0) is 19.3. The Labute approximate surface area is 169 Å². The molecule has 150 valence electrons. The largest absolute Gasteiger partial charge is 0.381 e. The molecule has 0 spiro atoms. The molecule has 0 aromatic carbocycles. The molecule has 0 unspecified atom stereocenters. The third kappa shape index (κ3) is 4.53. The molecule has 28 heavy (non-hydrogen) atoms. The summed E-state index contributed by atoms with van der Waals surface area (Å²) >= 11 is 1.55. The van der Waals surface area contributed by atoms with Gasteiger partial charge in [-0.3, -0.25) is 9.69 Å². The quantitative estimate of drug-likeness (QED) is 0.586. The molecule has 1 amide bonds. The van der Waals surface area contributed by atoms with E-state index in [1.165, 1.54) is 0 Å². The second-order valence-corrected chi connectivity index (χ2v) is 8.07. The molecule has 2 aromatic heterocycles. The maximum atomic E-state index is 12.4. The minimum Gasteiger partial charge on any atom is -0.381 e. The summed E-state index contributed by atoms with van der Waals surface area (Å²) in [5.74, 6) is 0.770. The third-order valence-electron chi connectivity index (χ3n) is 5.40. The van der Waals surface area contributed by atoms with Gasteiger partial charge in [0.25, 0.3) is 0 Å². The van der Waals surface area contributed by atoms with E-state index in [2.05, 4.69) is 25.3 Å². The van der Waals surface area contributed by atoms with Gasteiger partial charge in [0, 0.05) is 50.3 Å². The first-order valence-corrected chi connectivity index (χ1v) is 10.9. The fraction of sp³-hybridized carbons (Fsp3) is 0.579. The summed E-state index contributed by atoms with van der Waals surface area (Å²) in [5, 5.41) is 8.32. The van der Waals surface area contributed by atoms with Crippen molar-refractivity contribution in [3.63, 3.8) is 0 Å². The van der Waals surface area contributed by atoms with Crippen molar-refractivity contribution in [2.75, 3.05) is 37.9 Å². The van der Waals surface area contributed by atoms with Crippen LogP contribution in [0.25, 0.3) is 0 Å². The van der Waals surface area contributed by atoms with Crippen LogP contribution in [0.5, 0.6) is 0 Å². The zero-order valence-corrected chi connectivity index (χ0v) is 16.9. The van der Waals surface area contributed by atoms with Gasteiger partial charge in [-0.2, -0.15) is 5.10 Å². The van der Waals surface area contributed by atoms with Crippen LogP contribution in [0, 0.1) is 5.92 Å². The minimum atomic E-state index is -0.0510. The molecular formula is C19H26N6O2S. The van der Waals surface area contributed by atoms with Gasteiger partial charge < -0.3 is 10.1 Å². The van der Waals surface area contributed by atoms with Crippen molar-refractivity contribution in [3.8, 4) is 0 Å². The summed E-state index contributed by atoms with van der Waals surface area (Å²) in [6, 6.07) is 2.18. The fourth-order valence-electron chi connectivity index (χ4n) is 3.78. The predicted octanol–water partition coefficient (Wildman–Crippen LogP) is 2.21. The Balaban J connectivity index is 1.31. The lowest BCUT2D eigenvalue weighted by Crippen LogP contribution is -2.35. The Morgan fingerprint density at radius 1 is 1.29 bits per heavy atom. The van der Waals surface area contributed by atoms with Crippen molar-refractivity contribution in [1.29, 1.82) is 0 Å². The van der Waals surface area contributed by atoms with Crippen LogP contribution in [0.15, 0.2) is 29.8 Å². The fourth-order valence-corrected chi connectivity index (χ4v) is 4.10. The standard InChI is InChI=1S/C19H26N6O2S/c1-28-19-20-10-14(11-21-19)12-24-7-3-16(4-8-24)25-17(2-6-22-25)23-18(26)15-5-9-27-13-15/h2,6,10-11,15-16H,3-5,7-9,12-13H2,1H3,(H,23,26)/t15-/m1/s1. The summed E-state index contributed by atoms with van der Waals surface area (Å²) < 4.78 is 7.29. The van der Waals surface area contributed by atoms with Gasteiger partial charge in [0.15, 0.2) is 5.16 Å². The molecule has 0 aliphatic carbocycles. The Kier molecular flexibility index (Phi) is 6.23. The van der Waals surface area contributed by atoms with Gasteiger partial charge in [0.2, 0.25) is 5.91 Å². The number of hydrogen-bond acceptors (Lipinski definition) is 7. The molecule has 1 atom stereocenters. The molecule has 2 aliphatic rings. The summed E-state index contributed by atoms with van der Waals surface area (Å²) in [6.45, 7) is 4.02. The SMILES string of the molecule is CSc1ncc(CN2CCC(n3nccc3NC(=O)[C@@H]3CCOC3)CC2)cn1. The highest BCUT2D eigenvalue weighted by atomic mass is 32.2. The van der Waals surface area contributed by atoms with E-state index in [9.17, 15) is 4.79 Å². The van der Waals surface area contributed by atoms with Crippen LogP contribution in [-0.2, 0) is 16.1 Å². The summed E-state index contributed by atoms with van der Waals surface area (Å²) in [4.78, 5) is 23.5. The lowest BCUT2D eigenvalue weighted by molar-refractivity contribution is -0.119. The molecule has 0 radical (unpaired) electrons. The van der Waals surface area contributed by atoms with Crippen molar-refractivity contribution in [2.24, 2.45) is 5.92 Å². The number of likely N-dealkylation sites (tertiary alicyclic amines) is 1. The number of amides is 1. The minimum absolute atomic E-state index is 0.0328. The van der Waals surface area contributed by atoms with E-state index >= 15 is 0 Å². The number of aromatic nitrogens is 4. The number of nitrogens with one attached hydrogen (secondary N) is 1. The Morgan fingerprint density at radius 2 is 2.07 bits per heavy atom. The monoisotopic (exact) mass is 402 g/mol. The number of ether oxygens (including phenoxy) is 1. The first kappa shape index (κ1) is 19.4. The number of anilines is 1. The van der Waals surface area contributed by atoms with Crippen molar-refractivity contribution >= 4 is 23.5 Å². The van der Waals surface area contributed by atoms with Crippen LogP contribution in [0.1, 0.15) is 30.9 Å². The molecule has 4 heterocycles. The highest BCUT2D eigenvalue weighted by Gasteiger charge is 2.27. The molecule has 9 heteroatoms. The normalized spacial score (nSPS) is 21.1. The maximum absolute atomic E-state index is 12.4. The topological polar surface area (TPSA) is 85.2 Å². The van der Waals surface area contributed by atoms with E-state index in [0.29, 0.717) is 19.3 Å². The van der Waals surface area contributed by atoms with Crippen molar-refractivity contribution in [3.05, 3.63) is 30.2 Å². The van der Waals surface area contributed by atoms with E-state index in [0.717, 1.165) is 55.4 Å². The van der Waals surface area contributed by atoms with E-state index in [1.54, 1.807) is 18.0 Å². The number of carbonyl (C=O) groups excluding carboxylic acids is 1. The van der Waals surface area contributed by atoms with Gasteiger partial charge >= 0.3 is 0 Å². The Hall–Kier alpha value is -1.97. The van der Waals surface area contributed by atoms with Gasteiger partial charge in [0.05, 0.1) is 24.8 Å². The van der Waals surface area contributed by atoms with Crippen LogP contribution in [-0.4, -0.2) is 63.1 Å². The number of nitrogens with zero attached hydrogens (tertiary/aromatic N) is 5. The average Bonchev–Trinajstić information content (AvgIpc) is 3.41. The molecule has 4 rings (SSSR count). The summed E-state index contributed by atoms with van der Waals surface area (Å²) in [6.07, 6.45) is 10.4. The van der Waals surface area contributed by atoms with E-state index < -0.39 is 0 Å². The van der Waals surface area contributed by atoms with E-state index in [1.807, 2.05) is 29.4 Å². The van der Waals surface area contributed by atoms with E-state index in [4.69, 9.17) is 4.74 Å². The predicted molar refractivity (Wildman–Crippen MR) is 107 cm³/mol. The second-order valence-electron chi connectivity index (χ2n) is 7.30. The van der Waals surface area contributed by atoms with Crippen LogP contribution in [0.4, 0.5) is 5.82 Å². The van der Waals surface area contributed by atoms with Crippen LogP contribution < -0.4 is 5.32 Å². The molecule has 2 aliphatic heterocycles. The van der Waals surface area contributed by atoms with Gasteiger partial charge in [-0.25, -0.2) is 14.6 Å². The molecular weight excluding hydrogens is 376 g/mol. The van der Waals surface area contributed by atoms with Gasteiger partial charge in [0.1, 0.15) is 5.82 Å². The van der Waals surface area contributed by atoms with Gasteiger partial charge in [-0.15, -0.1) is 0 Å². The lowest BCUT2D eigenvalue weighted by atomic mass is 10.0. The third-order valence-corrected chi connectivity index (χ3v) is 5.97. The molecule has 2 fully saturated rings. The summed E-state index contributed by atoms with van der Waals surface area (Å²) in [7, 11) is 0. The second kappa shape index (κ2) is 9.02. The lowest BCUT2D eigenvalue weighted by Gasteiger charge is -2.32. The van der Waals surface area contributed by atoms with Crippen LogP contribution >= 0.6 is 11.8 Å². The molecule has 1 N–H and O–H groups in total. The number of piperidine rings is 1. The highest BCUT2D eigenvalue weighted by Crippen LogP contribution is 2.27. The Bertz CT molecular complexity index is 782. The average molecular weight is 403 g/mol. The Morgan fingerprint density at radius 3 is 2.75 bits per heavy atom. The first-order chi connectivity index (χ1) is 13.7. The van der Waals surface area contributed by atoms with Crippen molar-refractivity contribution < 1.29 is 9.53 Å². The van der Waals surface area contributed by atoms with Crippen LogP contribution in [0.2, 0.25) is 0 Å². The van der Waals surface area contributed by atoms with Crippen molar-refractivity contribution in [1.82, 2.24) is 24.6 Å². The highest BCUT2D eigenvalue weighted by molar-refractivity contribution is 7.98. The number of hydrogen-bond donors (Lipinski definition) is 1. The zero-order valence-electron chi connectivity index (χ0n) is 16.1. The van der Waals surface area contributed by atoms with Crippen LogP contribution in [0.3, 0.4) is 0 Å². The number of thioether (sulfide) groups is 1. The van der Waals surface area contributed by atoms with Gasteiger partial charge in [-0.05, 0) is 25.5 Å². The number of carbonyl (C=O) groups is 1. The molecule has 2 aromatic rings. The molecule has 0 saturated carbocycles. The molecule has 8 nitrogen and oxygen atoms in total. The first-order valence-electron chi connectivity index (χ1n) is 9.72. The smallest absolute Gasteiger partial charge is 0.231 e.